The topological polar surface area (TPSA) is 97.5 Å². The van der Waals surface area contributed by atoms with Gasteiger partial charge in [-0.1, -0.05) is 17.4 Å². The van der Waals surface area contributed by atoms with Crippen LogP contribution in [0.1, 0.15) is 45.4 Å². The fraction of sp³-hybridized carbons (Fsp3) is 0.444. The highest BCUT2D eigenvalue weighted by Crippen LogP contribution is 2.40. The molecule has 1 aromatic heterocycles. The molecule has 1 aliphatic heterocycles. The quantitative estimate of drug-likeness (QED) is 0.778. The van der Waals surface area contributed by atoms with Crippen LogP contribution in [0.3, 0.4) is 0 Å². The highest BCUT2D eigenvalue weighted by atomic mass is 32.1. The number of aliphatic hydroxyl groups is 1. The van der Waals surface area contributed by atoms with E-state index in [0.717, 1.165) is 17.7 Å². The summed E-state index contributed by atoms with van der Waals surface area (Å²) in [5.41, 5.74) is 8.60. The Morgan fingerprint density at radius 3 is 2.96 bits per heavy atom. The number of rotatable bonds is 4. The third kappa shape index (κ3) is 3.09. The lowest BCUT2D eigenvalue weighted by molar-refractivity contribution is 0.0235. The second-order valence-electron chi connectivity index (χ2n) is 6.77. The summed E-state index contributed by atoms with van der Waals surface area (Å²) < 4.78 is 5.57. The summed E-state index contributed by atoms with van der Waals surface area (Å²) in [4.78, 5) is 17.4. The van der Waals surface area contributed by atoms with E-state index in [1.807, 2.05) is 12.1 Å². The van der Waals surface area contributed by atoms with E-state index in [1.165, 1.54) is 16.9 Å². The molecule has 0 spiro atoms. The van der Waals surface area contributed by atoms with Crippen molar-refractivity contribution in [1.82, 2.24) is 10.3 Å². The van der Waals surface area contributed by atoms with Crippen LogP contribution in [0.5, 0.6) is 5.75 Å². The normalized spacial score (nSPS) is 22.6. The highest BCUT2D eigenvalue weighted by Gasteiger charge is 2.36. The summed E-state index contributed by atoms with van der Waals surface area (Å²) in [5.74, 6) is 0.994. The Labute approximate surface area is 150 Å². The van der Waals surface area contributed by atoms with Crippen LogP contribution in [0.2, 0.25) is 0 Å². The van der Waals surface area contributed by atoms with Gasteiger partial charge in [0.1, 0.15) is 10.6 Å². The molecule has 0 radical (unpaired) electrons. The lowest BCUT2D eigenvalue weighted by atomic mass is 9.75. The first kappa shape index (κ1) is 16.4. The SMILES string of the molecule is Cc1nc(N)sc1C(=O)N[C@@H](c1ccc2c(c1)CCO2)C1CC(O)C1. The molecule has 6 nitrogen and oxygen atoms in total. The molecule has 132 valence electrons. The number of anilines is 1. The minimum Gasteiger partial charge on any atom is -0.493 e. The van der Waals surface area contributed by atoms with Crippen LogP contribution >= 0.6 is 11.3 Å². The zero-order valence-electron chi connectivity index (χ0n) is 14.0. The second kappa shape index (κ2) is 6.31. The Bertz CT molecular complexity index is 814. The molecule has 2 aliphatic rings. The minimum atomic E-state index is -0.275. The molecule has 1 saturated carbocycles. The van der Waals surface area contributed by atoms with Gasteiger partial charge in [0.2, 0.25) is 0 Å². The van der Waals surface area contributed by atoms with E-state index in [2.05, 4.69) is 16.4 Å². The first-order valence-electron chi connectivity index (χ1n) is 8.48. The zero-order chi connectivity index (χ0) is 17.6. The van der Waals surface area contributed by atoms with Gasteiger partial charge in [0.15, 0.2) is 5.13 Å². The number of hydrogen-bond acceptors (Lipinski definition) is 6. The standard InChI is InChI=1S/C18H21N3O3S/c1-9-16(25-18(19)20-9)17(23)21-15(12-7-13(22)8-12)11-2-3-14-10(6-11)4-5-24-14/h2-3,6,12-13,15,22H,4-5,7-8H2,1H3,(H2,19,20)(H,21,23)/t12?,13?,15-/m0/s1. The van der Waals surface area contributed by atoms with E-state index in [-0.39, 0.29) is 24.0 Å². The van der Waals surface area contributed by atoms with Crippen LogP contribution in [-0.4, -0.2) is 28.7 Å². The average Bonchev–Trinajstić information content (AvgIpc) is 3.14. The first-order chi connectivity index (χ1) is 12.0. The molecule has 1 amide bonds. The number of amides is 1. The van der Waals surface area contributed by atoms with Crippen molar-refractivity contribution in [3.63, 3.8) is 0 Å². The van der Waals surface area contributed by atoms with Gasteiger partial charge in [0.25, 0.3) is 5.91 Å². The van der Waals surface area contributed by atoms with E-state index in [9.17, 15) is 9.90 Å². The van der Waals surface area contributed by atoms with Crippen molar-refractivity contribution in [3.05, 3.63) is 39.9 Å². The van der Waals surface area contributed by atoms with Gasteiger partial charge in [0.05, 0.1) is 24.4 Å². The predicted molar refractivity (Wildman–Crippen MR) is 95.8 cm³/mol. The number of ether oxygens (including phenoxy) is 1. The van der Waals surface area contributed by atoms with Crippen LogP contribution < -0.4 is 15.8 Å². The van der Waals surface area contributed by atoms with Gasteiger partial charge in [-0.2, -0.15) is 0 Å². The van der Waals surface area contributed by atoms with Crippen molar-refractivity contribution in [2.45, 2.75) is 38.3 Å². The van der Waals surface area contributed by atoms with Crippen molar-refractivity contribution >= 4 is 22.4 Å². The average molecular weight is 359 g/mol. The monoisotopic (exact) mass is 359 g/mol. The van der Waals surface area contributed by atoms with E-state index >= 15 is 0 Å². The van der Waals surface area contributed by atoms with Gasteiger partial charge < -0.3 is 20.9 Å². The number of carbonyl (C=O) groups is 1. The molecule has 1 fully saturated rings. The number of carbonyl (C=O) groups excluding carboxylic acids is 1. The van der Waals surface area contributed by atoms with Crippen molar-refractivity contribution in [2.24, 2.45) is 5.92 Å². The number of hydrogen-bond donors (Lipinski definition) is 3. The molecule has 1 aromatic carbocycles. The number of benzene rings is 1. The molecule has 0 unspecified atom stereocenters. The van der Waals surface area contributed by atoms with E-state index in [4.69, 9.17) is 10.5 Å². The third-order valence-electron chi connectivity index (χ3n) is 5.00. The Kier molecular flexibility index (Phi) is 4.13. The number of fused-ring (bicyclic) bond motifs is 1. The third-order valence-corrected chi connectivity index (χ3v) is 5.98. The summed E-state index contributed by atoms with van der Waals surface area (Å²) in [6.07, 6.45) is 2.01. The molecule has 4 rings (SSSR count). The number of aliphatic hydroxyl groups excluding tert-OH is 1. The summed E-state index contributed by atoms with van der Waals surface area (Å²) >= 11 is 1.20. The van der Waals surface area contributed by atoms with Crippen LogP contribution in [0.15, 0.2) is 18.2 Å². The molecule has 2 heterocycles. The molecular formula is C18H21N3O3S. The maximum absolute atomic E-state index is 12.7. The van der Waals surface area contributed by atoms with Crippen LogP contribution in [0, 0.1) is 12.8 Å². The first-order valence-corrected chi connectivity index (χ1v) is 9.30. The van der Waals surface area contributed by atoms with Crippen LogP contribution in [0.4, 0.5) is 5.13 Å². The second-order valence-corrected chi connectivity index (χ2v) is 7.80. The van der Waals surface area contributed by atoms with Crippen LogP contribution in [-0.2, 0) is 6.42 Å². The molecule has 0 saturated heterocycles. The maximum atomic E-state index is 12.7. The van der Waals surface area contributed by atoms with Gasteiger partial charge in [-0.25, -0.2) is 4.98 Å². The molecule has 1 aliphatic carbocycles. The number of nitrogens with two attached hydrogens (primary N) is 1. The van der Waals surface area contributed by atoms with E-state index in [0.29, 0.717) is 35.2 Å². The zero-order valence-corrected chi connectivity index (χ0v) is 14.8. The number of thiazole rings is 1. The summed E-state index contributed by atoms with van der Waals surface area (Å²) in [6, 6.07) is 5.96. The van der Waals surface area contributed by atoms with Crippen molar-refractivity contribution in [2.75, 3.05) is 12.3 Å². The highest BCUT2D eigenvalue weighted by molar-refractivity contribution is 7.17. The Morgan fingerprint density at radius 1 is 1.48 bits per heavy atom. The van der Waals surface area contributed by atoms with Gasteiger partial charge >= 0.3 is 0 Å². The molecule has 25 heavy (non-hydrogen) atoms. The van der Waals surface area contributed by atoms with Gasteiger partial charge in [-0.3, -0.25) is 4.79 Å². The van der Waals surface area contributed by atoms with Gasteiger partial charge in [-0.05, 0) is 48.9 Å². The Balaban J connectivity index is 1.60. The summed E-state index contributed by atoms with van der Waals surface area (Å²) in [6.45, 7) is 2.49. The summed E-state index contributed by atoms with van der Waals surface area (Å²) in [7, 11) is 0. The van der Waals surface area contributed by atoms with Crippen LogP contribution in [0.25, 0.3) is 0 Å². The van der Waals surface area contributed by atoms with Gasteiger partial charge in [0, 0.05) is 6.42 Å². The number of aryl methyl sites for hydroxylation is 1. The summed E-state index contributed by atoms with van der Waals surface area (Å²) in [5, 5.41) is 13.2. The van der Waals surface area contributed by atoms with Crippen molar-refractivity contribution in [1.29, 1.82) is 0 Å². The molecule has 1 atom stereocenters. The van der Waals surface area contributed by atoms with E-state index < -0.39 is 0 Å². The largest absolute Gasteiger partial charge is 0.493 e. The smallest absolute Gasteiger partial charge is 0.263 e. The van der Waals surface area contributed by atoms with E-state index in [1.54, 1.807) is 6.92 Å². The fourth-order valence-electron chi connectivity index (χ4n) is 3.61. The van der Waals surface area contributed by atoms with Crippen molar-refractivity contribution < 1.29 is 14.6 Å². The molecule has 7 heteroatoms. The maximum Gasteiger partial charge on any atom is 0.263 e. The Hall–Kier alpha value is -2.12. The number of nitrogens with one attached hydrogen (secondary N) is 1. The molecule has 4 N–H and O–H groups in total. The fourth-order valence-corrected chi connectivity index (χ4v) is 4.35. The number of nitrogen functional groups attached to an aromatic ring is 1. The number of nitrogens with zero attached hydrogens (tertiary/aromatic N) is 1. The lowest BCUT2D eigenvalue weighted by Gasteiger charge is -2.38. The minimum absolute atomic E-state index is 0.135. The predicted octanol–water partition coefficient (Wildman–Crippen LogP) is 2.21. The molecule has 2 aromatic rings. The lowest BCUT2D eigenvalue weighted by Crippen LogP contribution is -2.41. The van der Waals surface area contributed by atoms with Crippen molar-refractivity contribution in [3.8, 4) is 5.75 Å². The Morgan fingerprint density at radius 2 is 2.28 bits per heavy atom. The molecule has 0 bridgehead atoms. The number of aromatic nitrogens is 1. The molecular weight excluding hydrogens is 338 g/mol. The van der Waals surface area contributed by atoms with Gasteiger partial charge in [-0.15, -0.1) is 0 Å².